The molecule has 0 fully saturated rings. The molecule has 0 bridgehead atoms. The number of benzene rings is 1. The molecule has 102 valence electrons. The van der Waals surface area contributed by atoms with Gasteiger partial charge in [0.25, 0.3) is 6.43 Å². The van der Waals surface area contributed by atoms with Gasteiger partial charge >= 0.3 is 12.1 Å². The van der Waals surface area contributed by atoms with E-state index in [9.17, 15) is 26.7 Å². The SMILES string of the molecule is COC(=O)c1cc(C(F)F)c(C#N)cc1C(F)(F)F. The van der Waals surface area contributed by atoms with E-state index in [0.717, 1.165) is 7.11 Å². The van der Waals surface area contributed by atoms with Gasteiger partial charge in [-0.25, -0.2) is 13.6 Å². The molecule has 0 aliphatic heterocycles. The lowest BCUT2D eigenvalue weighted by Crippen LogP contribution is -2.15. The maximum absolute atomic E-state index is 12.7. The molecule has 0 radical (unpaired) electrons. The van der Waals surface area contributed by atoms with Crippen molar-refractivity contribution in [3.8, 4) is 6.07 Å². The van der Waals surface area contributed by atoms with Crippen molar-refractivity contribution in [2.75, 3.05) is 7.11 Å². The van der Waals surface area contributed by atoms with Crippen LogP contribution in [-0.4, -0.2) is 13.1 Å². The largest absolute Gasteiger partial charge is 0.465 e. The molecule has 1 aromatic rings. The average molecular weight is 279 g/mol. The zero-order valence-electron chi connectivity index (χ0n) is 9.39. The monoisotopic (exact) mass is 279 g/mol. The molecule has 0 aromatic heterocycles. The smallest absolute Gasteiger partial charge is 0.417 e. The van der Waals surface area contributed by atoms with Crippen molar-refractivity contribution >= 4 is 5.97 Å². The standard InChI is InChI=1S/C11H6F5NO2/c1-19-10(18)7-3-6(9(12)13)5(4-17)2-8(7)11(14,15)16/h2-3,9H,1H3. The molecular formula is C11H6F5NO2. The van der Waals surface area contributed by atoms with E-state index in [2.05, 4.69) is 4.74 Å². The zero-order chi connectivity index (χ0) is 14.8. The van der Waals surface area contributed by atoms with Gasteiger partial charge in [-0.3, -0.25) is 0 Å². The number of hydrogen-bond donors (Lipinski definition) is 0. The van der Waals surface area contributed by atoms with E-state index in [1.54, 1.807) is 0 Å². The lowest BCUT2D eigenvalue weighted by molar-refractivity contribution is -0.138. The van der Waals surface area contributed by atoms with E-state index in [4.69, 9.17) is 5.26 Å². The van der Waals surface area contributed by atoms with Crippen molar-refractivity contribution < 1.29 is 31.5 Å². The van der Waals surface area contributed by atoms with Crippen LogP contribution in [0.5, 0.6) is 0 Å². The molecule has 0 aliphatic rings. The quantitative estimate of drug-likeness (QED) is 0.616. The van der Waals surface area contributed by atoms with Crippen LogP contribution in [0.2, 0.25) is 0 Å². The molecule has 3 nitrogen and oxygen atoms in total. The Balaban J connectivity index is 3.64. The lowest BCUT2D eigenvalue weighted by atomic mass is 9.98. The third kappa shape index (κ3) is 2.99. The first kappa shape index (κ1) is 14.9. The van der Waals surface area contributed by atoms with Gasteiger partial charge in [-0.05, 0) is 12.1 Å². The first-order valence-electron chi connectivity index (χ1n) is 4.74. The van der Waals surface area contributed by atoms with Crippen molar-refractivity contribution in [2.45, 2.75) is 12.6 Å². The van der Waals surface area contributed by atoms with Crippen molar-refractivity contribution in [3.63, 3.8) is 0 Å². The molecule has 0 unspecified atom stereocenters. The zero-order valence-corrected chi connectivity index (χ0v) is 9.39. The van der Waals surface area contributed by atoms with Crippen LogP contribution in [0.25, 0.3) is 0 Å². The molecule has 0 spiro atoms. The number of nitrogens with zero attached hydrogens (tertiary/aromatic N) is 1. The number of ether oxygens (including phenoxy) is 1. The summed E-state index contributed by atoms with van der Waals surface area (Å²) in [4.78, 5) is 11.2. The Bertz CT molecular complexity index is 545. The Labute approximate surface area is 104 Å². The summed E-state index contributed by atoms with van der Waals surface area (Å²) in [5, 5.41) is 8.58. The Morgan fingerprint density at radius 3 is 2.32 bits per heavy atom. The molecule has 19 heavy (non-hydrogen) atoms. The van der Waals surface area contributed by atoms with E-state index >= 15 is 0 Å². The third-order valence-electron chi connectivity index (χ3n) is 2.26. The van der Waals surface area contributed by atoms with Gasteiger partial charge in [-0.2, -0.15) is 18.4 Å². The number of alkyl halides is 5. The van der Waals surface area contributed by atoms with Crippen LogP contribution in [0.1, 0.15) is 33.5 Å². The number of halogens is 5. The summed E-state index contributed by atoms with van der Waals surface area (Å²) < 4.78 is 67.4. The topological polar surface area (TPSA) is 50.1 Å². The highest BCUT2D eigenvalue weighted by Gasteiger charge is 2.37. The van der Waals surface area contributed by atoms with Gasteiger partial charge in [0, 0.05) is 5.56 Å². The van der Waals surface area contributed by atoms with Gasteiger partial charge < -0.3 is 4.74 Å². The molecule has 0 saturated heterocycles. The molecule has 0 N–H and O–H groups in total. The number of nitriles is 1. The summed E-state index contributed by atoms with van der Waals surface area (Å²) in [6.07, 6.45) is -8.14. The molecule has 8 heteroatoms. The second-order valence-corrected chi connectivity index (χ2v) is 3.39. The van der Waals surface area contributed by atoms with Gasteiger partial charge in [-0.1, -0.05) is 0 Å². The summed E-state index contributed by atoms with van der Waals surface area (Å²) in [7, 11) is 0.822. The molecule has 1 rings (SSSR count). The van der Waals surface area contributed by atoms with E-state index < -0.39 is 40.8 Å². The van der Waals surface area contributed by atoms with Crippen LogP contribution in [0, 0.1) is 11.3 Å². The van der Waals surface area contributed by atoms with Gasteiger partial charge in [-0.15, -0.1) is 0 Å². The molecule has 0 amide bonds. The third-order valence-corrected chi connectivity index (χ3v) is 2.26. The van der Waals surface area contributed by atoms with Crippen molar-refractivity contribution in [1.29, 1.82) is 5.26 Å². The predicted octanol–water partition coefficient (Wildman–Crippen LogP) is 3.30. The van der Waals surface area contributed by atoms with E-state index in [0.29, 0.717) is 6.07 Å². The molecule has 0 saturated carbocycles. The maximum Gasteiger partial charge on any atom is 0.417 e. The van der Waals surface area contributed by atoms with Crippen molar-refractivity contribution in [3.05, 3.63) is 34.4 Å². The van der Waals surface area contributed by atoms with Gasteiger partial charge in [0.1, 0.15) is 0 Å². The molecule has 1 aromatic carbocycles. The van der Waals surface area contributed by atoms with E-state index in [-0.39, 0.29) is 6.07 Å². The number of hydrogen-bond acceptors (Lipinski definition) is 3. The van der Waals surface area contributed by atoms with Crippen LogP contribution < -0.4 is 0 Å². The van der Waals surface area contributed by atoms with Crippen LogP contribution >= 0.6 is 0 Å². The summed E-state index contributed by atoms with van der Waals surface area (Å²) in [5.41, 5.74) is -4.32. The minimum atomic E-state index is -4.96. The van der Waals surface area contributed by atoms with Gasteiger partial charge in [0.2, 0.25) is 0 Å². The van der Waals surface area contributed by atoms with Crippen LogP contribution in [0.15, 0.2) is 12.1 Å². The highest BCUT2D eigenvalue weighted by atomic mass is 19.4. The first-order valence-corrected chi connectivity index (χ1v) is 4.74. The summed E-state index contributed by atoms with van der Waals surface area (Å²) in [5.74, 6) is -1.40. The highest BCUT2D eigenvalue weighted by molar-refractivity contribution is 5.91. The highest BCUT2D eigenvalue weighted by Crippen LogP contribution is 2.36. The van der Waals surface area contributed by atoms with Gasteiger partial charge in [0.05, 0.1) is 29.9 Å². The molecule has 0 atom stereocenters. The Kier molecular flexibility index (Phi) is 4.09. The van der Waals surface area contributed by atoms with Crippen LogP contribution in [0.3, 0.4) is 0 Å². The minimum Gasteiger partial charge on any atom is -0.465 e. The number of methoxy groups -OCH3 is 1. The van der Waals surface area contributed by atoms with Crippen molar-refractivity contribution in [1.82, 2.24) is 0 Å². The van der Waals surface area contributed by atoms with Gasteiger partial charge in [0.15, 0.2) is 0 Å². The molecule has 0 heterocycles. The Hall–Kier alpha value is -2.17. The summed E-state index contributed by atoms with van der Waals surface area (Å²) in [6.45, 7) is 0. The number of carbonyl (C=O) groups is 1. The number of carbonyl (C=O) groups excluding carboxylic acids is 1. The fourth-order valence-corrected chi connectivity index (χ4v) is 1.41. The average Bonchev–Trinajstić information content (AvgIpc) is 2.34. The van der Waals surface area contributed by atoms with Crippen molar-refractivity contribution in [2.24, 2.45) is 0 Å². The molecular weight excluding hydrogens is 273 g/mol. The fraction of sp³-hybridized carbons (Fsp3) is 0.273. The van der Waals surface area contributed by atoms with Crippen LogP contribution in [-0.2, 0) is 10.9 Å². The fourth-order valence-electron chi connectivity index (χ4n) is 1.41. The summed E-state index contributed by atoms with van der Waals surface area (Å²) >= 11 is 0. The second kappa shape index (κ2) is 5.22. The molecule has 0 aliphatic carbocycles. The van der Waals surface area contributed by atoms with E-state index in [1.165, 1.54) is 6.07 Å². The number of rotatable bonds is 2. The van der Waals surface area contributed by atoms with E-state index in [1.807, 2.05) is 0 Å². The van der Waals surface area contributed by atoms with Crippen LogP contribution in [0.4, 0.5) is 22.0 Å². The number of esters is 1. The lowest BCUT2D eigenvalue weighted by Gasteiger charge is -2.14. The minimum absolute atomic E-state index is 0.216. The maximum atomic E-state index is 12.7. The predicted molar refractivity (Wildman–Crippen MR) is 52.5 cm³/mol. The first-order chi connectivity index (χ1) is 8.72. The summed E-state index contributed by atoms with van der Waals surface area (Å²) in [6, 6.07) is 1.79. The Morgan fingerprint density at radius 2 is 1.95 bits per heavy atom. The second-order valence-electron chi connectivity index (χ2n) is 3.39. The normalized spacial score (nSPS) is 11.3. The Morgan fingerprint density at radius 1 is 1.37 bits per heavy atom.